The molecule has 0 aliphatic carbocycles. The largest absolute Gasteiger partial charge is 0.495 e. The molecule has 3 amide bonds. The van der Waals surface area contributed by atoms with Gasteiger partial charge in [0.15, 0.2) is 0 Å². The lowest BCUT2D eigenvalue weighted by molar-refractivity contribution is -0.122. The molecule has 1 aliphatic heterocycles. The summed E-state index contributed by atoms with van der Waals surface area (Å²) in [6.45, 7) is 0.306. The molecule has 1 saturated heterocycles. The van der Waals surface area contributed by atoms with Crippen molar-refractivity contribution in [3.05, 3.63) is 65.2 Å². The predicted molar refractivity (Wildman–Crippen MR) is 131 cm³/mol. The van der Waals surface area contributed by atoms with E-state index >= 15 is 0 Å². The van der Waals surface area contributed by atoms with Gasteiger partial charge in [-0.05, 0) is 17.7 Å². The van der Waals surface area contributed by atoms with E-state index in [-0.39, 0.29) is 18.2 Å². The lowest BCUT2D eigenvalue weighted by atomic mass is 10.1. The number of aromatic nitrogens is 2. The van der Waals surface area contributed by atoms with Crippen LogP contribution < -0.4 is 15.0 Å². The average molecular weight is 482 g/mol. The zero-order valence-corrected chi connectivity index (χ0v) is 20.1. The van der Waals surface area contributed by atoms with Crippen LogP contribution >= 0.6 is 11.3 Å². The topological polar surface area (TPSA) is 105 Å². The summed E-state index contributed by atoms with van der Waals surface area (Å²) in [7, 11) is 4.94. The molecule has 34 heavy (non-hydrogen) atoms. The van der Waals surface area contributed by atoms with Gasteiger partial charge in [0.25, 0.3) is 0 Å². The molecule has 2 heterocycles. The minimum atomic E-state index is -0.450. The van der Waals surface area contributed by atoms with E-state index in [0.29, 0.717) is 29.5 Å². The van der Waals surface area contributed by atoms with Crippen LogP contribution in [0.15, 0.2) is 54.6 Å². The smallest absolute Gasteiger partial charge is 0.231 e. The zero-order chi connectivity index (χ0) is 24.5. The fourth-order valence-corrected chi connectivity index (χ4v) is 4.10. The molecule has 1 unspecified atom stereocenters. The summed E-state index contributed by atoms with van der Waals surface area (Å²) in [5.41, 5.74) is 1.81. The van der Waals surface area contributed by atoms with Crippen LogP contribution in [0.5, 0.6) is 5.75 Å². The molecule has 1 aliphatic rings. The third kappa shape index (κ3) is 6.61. The van der Waals surface area contributed by atoms with E-state index < -0.39 is 5.92 Å². The molecule has 1 fully saturated rings. The van der Waals surface area contributed by atoms with Gasteiger partial charge < -0.3 is 19.9 Å². The van der Waals surface area contributed by atoms with Crippen molar-refractivity contribution in [2.45, 2.75) is 12.8 Å². The van der Waals surface area contributed by atoms with Crippen LogP contribution in [0, 0.1) is 5.92 Å². The highest BCUT2D eigenvalue weighted by Gasteiger charge is 2.36. The summed E-state index contributed by atoms with van der Waals surface area (Å²) < 4.78 is 5.34. The Balaban J connectivity index is 0.000000588. The fraction of sp³-hybridized carbons (Fsp3) is 0.292. The average Bonchev–Trinajstić information content (AvgIpc) is 3.46. The van der Waals surface area contributed by atoms with Crippen LogP contribution in [-0.2, 0) is 20.8 Å². The van der Waals surface area contributed by atoms with Crippen LogP contribution in [0.1, 0.15) is 17.0 Å². The maximum absolute atomic E-state index is 12.7. The number of nitrogens with one attached hydrogen (secondary N) is 1. The number of para-hydroxylation sites is 2. The van der Waals surface area contributed by atoms with Gasteiger partial charge in [0.1, 0.15) is 10.8 Å². The maximum Gasteiger partial charge on any atom is 0.231 e. The van der Waals surface area contributed by atoms with Crippen molar-refractivity contribution in [3.8, 4) is 5.75 Å². The first-order chi connectivity index (χ1) is 16.4. The Labute approximate surface area is 202 Å². The van der Waals surface area contributed by atoms with Crippen molar-refractivity contribution in [2.75, 3.05) is 38.0 Å². The summed E-state index contributed by atoms with van der Waals surface area (Å²) in [5, 5.41) is 12.3. The summed E-state index contributed by atoms with van der Waals surface area (Å²) >= 11 is 1.35. The van der Waals surface area contributed by atoms with Gasteiger partial charge in [-0.25, -0.2) is 0 Å². The molecule has 2 aromatic carbocycles. The Hall–Kier alpha value is -3.79. The fourth-order valence-electron chi connectivity index (χ4n) is 3.32. The van der Waals surface area contributed by atoms with E-state index in [1.807, 2.05) is 48.5 Å². The van der Waals surface area contributed by atoms with E-state index in [0.717, 1.165) is 17.0 Å². The van der Waals surface area contributed by atoms with E-state index in [1.54, 1.807) is 32.2 Å². The monoisotopic (exact) mass is 481 g/mol. The zero-order valence-electron chi connectivity index (χ0n) is 19.3. The molecular weight excluding hydrogens is 454 g/mol. The number of hydrogen-bond donors (Lipinski definition) is 1. The molecule has 1 N–H and O–H groups in total. The van der Waals surface area contributed by atoms with Crippen LogP contribution in [0.4, 0.5) is 10.8 Å². The highest BCUT2D eigenvalue weighted by molar-refractivity contribution is 7.15. The van der Waals surface area contributed by atoms with E-state index in [9.17, 15) is 14.4 Å². The summed E-state index contributed by atoms with van der Waals surface area (Å²) in [6.07, 6.45) is 1.57. The standard InChI is InChI=1S/C21H20N4O3S.C3H7NO/c1-28-17-10-6-5-9-16(17)25-13-15(12-19(25)26)20(27)22-21-24-23-18(29-21)11-14-7-3-2-4-8-14;1-4(2)3-5/h2-10,15H,11-13H2,1H3,(H,22,24,27);3H,1-2H3. The van der Waals surface area contributed by atoms with Crippen LogP contribution in [0.3, 0.4) is 0 Å². The van der Waals surface area contributed by atoms with Gasteiger partial charge in [0.2, 0.25) is 23.4 Å². The molecule has 3 aromatic rings. The van der Waals surface area contributed by atoms with E-state index in [1.165, 1.54) is 16.2 Å². The van der Waals surface area contributed by atoms with Gasteiger partial charge in [-0.2, -0.15) is 0 Å². The van der Waals surface area contributed by atoms with Crippen molar-refractivity contribution in [3.63, 3.8) is 0 Å². The SMILES string of the molecule is CN(C)C=O.COc1ccccc1N1CC(C(=O)Nc2nnc(Cc3ccccc3)s2)CC1=O. The molecule has 9 nitrogen and oxygen atoms in total. The Morgan fingerprint density at radius 3 is 2.53 bits per heavy atom. The Morgan fingerprint density at radius 1 is 1.18 bits per heavy atom. The van der Waals surface area contributed by atoms with Crippen molar-refractivity contribution >= 4 is 40.4 Å². The van der Waals surface area contributed by atoms with Gasteiger partial charge in [-0.3, -0.25) is 14.4 Å². The summed E-state index contributed by atoms with van der Waals surface area (Å²) in [5.74, 6) is -0.166. The number of amides is 3. The lowest BCUT2D eigenvalue weighted by Gasteiger charge is -2.19. The molecule has 4 rings (SSSR count). The number of methoxy groups -OCH3 is 1. The van der Waals surface area contributed by atoms with Crippen molar-refractivity contribution in [2.24, 2.45) is 5.92 Å². The molecule has 0 spiro atoms. The molecule has 178 valence electrons. The van der Waals surface area contributed by atoms with Gasteiger partial charge in [-0.15, -0.1) is 10.2 Å². The number of hydrogen-bond acceptors (Lipinski definition) is 7. The molecule has 1 atom stereocenters. The second-order valence-electron chi connectivity index (χ2n) is 7.80. The third-order valence-corrected chi connectivity index (χ3v) is 5.82. The number of ether oxygens (including phenoxy) is 1. The molecule has 0 saturated carbocycles. The van der Waals surface area contributed by atoms with Crippen LogP contribution in [-0.4, -0.2) is 61.1 Å². The normalized spacial score (nSPS) is 14.7. The van der Waals surface area contributed by atoms with E-state index in [2.05, 4.69) is 15.5 Å². The van der Waals surface area contributed by atoms with Crippen molar-refractivity contribution in [1.29, 1.82) is 0 Å². The highest BCUT2D eigenvalue weighted by atomic mass is 32.1. The Kier molecular flexibility index (Phi) is 8.69. The second kappa shape index (κ2) is 11.9. The number of carbonyl (C=O) groups is 3. The van der Waals surface area contributed by atoms with E-state index in [4.69, 9.17) is 4.74 Å². The lowest BCUT2D eigenvalue weighted by Crippen LogP contribution is -2.28. The molecule has 0 bridgehead atoms. The highest BCUT2D eigenvalue weighted by Crippen LogP contribution is 2.33. The molecule has 10 heteroatoms. The van der Waals surface area contributed by atoms with Gasteiger partial charge in [-0.1, -0.05) is 53.8 Å². The van der Waals surface area contributed by atoms with Gasteiger partial charge in [0.05, 0.1) is 18.7 Å². The second-order valence-corrected chi connectivity index (χ2v) is 8.86. The minimum Gasteiger partial charge on any atom is -0.495 e. The minimum absolute atomic E-state index is 0.100. The van der Waals surface area contributed by atoms with Crippen molar-refractivity contribution < 1.29 is 19.1 Å². The Morgan fingerprint density at radius 2 is 1.85 bits per heavy atom. The summed E-state index contributed by atoms with van der Waals surface area (Å²) in [6, 6.07) is 17.3. The molecular formula is C24H27N5O4S. The van der Waals surface area contributed by atoms with Crippen LogP contribution in [0.2, 0.25) is 0 Å². The number of nitrogens with zero attached hydrogens (tertiary/aromatic N) is 4. The third-order valence-electron chi connectivity index (χ3n) is 4.98. The maximum atomic E-state index is 12.7. The predicted octanol–water partition coefficient (Wildman–Crippen LogP) is 2.83. The van der Waals surface area contributed by atoms with Crippen molar-refractivity contribution in [1.82, 2.24) is 15.1 Å². The summed E-state index contributed by atoms with van der Waals surface area (Å²) in [4.78, 5) is 37.6. The first-order valence-corrected chi connectivity index (χ1v) is 11.4. The quantitative estimate of drug-likeness (QED) is 0.521. The van der Waals surface area contributed by atoms with Crippen LogP contribution in [0.25, 0.3) is 0 Å². The number of rotatable bonds is 7. The van der Waals surface area contributed by atoms with Gasteiger partial charge in [0, 0.05) is 33.5 Å². The van der Waals surface area contributed by atoms with Gasteiger partial charge >= 0.3 is 0 Å². The Bertz CT molecular complexity index is 1120. The first-order valence-electron chi connectivity index (χ1n) is 10.6. The molecule has 0 radical (unpaired) electrons. The number of carbonyl (C=O) groups excluding carboxylic acids is 3. The first kappa shape index (κ1) is 24.8. The number of benzene rings is 2. The molecule has 1 aromatic heterocycles. The number of anilines is 2.